The van der Waals surface area contributed by atoms with Crippen LogP contribution in [0.3, 0.4) is 0 Å². The Morgan fingerprint density at radius 1 is 1.39 bits per heavy atom. The number of aryl methyl sites for hydroxylation is 2. The van der Waals surface area contributed by atoms with Crippen LogP contribution in [0.25, 0.3) is 0 Å². The zero-order valence-corrected chi connectivity index (χ0v) is 11.4. The Kier molecular flexibility index (Phi) is 3.74. The van der Waals surface area contributed by atoms with Gasteiger partial charge in [-0.05, 0) is 32.6 Å². The number of hydrogen-bond acceptors (Lipinski definition) is 5. The maximum Gasteiger partial charge on any atom is 0.248 e. The lowest BCUT2D eigenvalue weighted by atomic mass is 10.00. The van der Waals surface area contributed by atoms with E-state index in [1.54, 1.807) is 13.8 Å². The minimum absolute atomic E-state index is 0.124. The number of piperidine rings is 1. The number of rotatable bonds is 3. The second-order valence-electron chi connectivity index (χ2n) is 4.68. The van der Waals surface area contributed by atoms with Gasteiger partial charge in [-0.15, -0.1) is 0 Å². The SMILES string of the molecule is Cc1noc(C)c1S(=O)(=O)N1CCC(CO)CC1. The van der Waals surface area contributed by atoms with Gasteiger partial charge in [-0.2, -0.15) is 4.31 Å². The van der Waals surface area contributed by atoms with Gasteiger partial charge in [-0.25, -0.2) is 8.42 Å². The Hall–Kier alpha value is -0.920. The van der Waals surface area contributed by atoms with Crippen LogP contribution >= 0.6 is 0 Å². The van der Waals surface area contributed by atoms with Gasteiger partial charge in [0.15, 0.2) is 5.76 Å². The molecule has 6 nitrogen and oxygen atoms in total. The Morgan fingerprint density at radius 3 is 2.44 bits per heavy atom. The van der Waals surface area contributed by atoms with Crippen LogP contribution in [0, 0.1) is 19.8 Å². The molecule has 0 unspecified atom stereocenters. The number of aliphatic hydroxyl groups excluding tert-OH is 1. The minimum Gasteiger partial charge on any atom is -0.396 e. The van der Waals surface area contributed by atoms with Crippen LogP contribution in [0.2, 0.25) is 0 Å². The topological polar surface area (TPSA) is 83.6 Å². The average Bonchev–Trinajstić information content (AvgIpc) is 2.69. The molecule has 2 rings (SSSR count). The molecule has 1 aliphatic heterocycles. The summed E-state index contributed by atoms with van der Waals surface area (Å²) in [5.74, 6) is 0.540. The van der Waals surface area contributed by atoms with Gasteiger partial charge in [0, 0.05) is 19.7 Å². The number of nitrogens with zero attached hydrogens (tertiary/aromatic N) is 2. The predicted molar refractivity (Wildman–Crippen MR) is 64.5 cm³/mol. The molecule has 1 aromatic heterocycles. The fourth-order valence-electron chi connectivity index (χ4n) is 2.30. The van der Waals surface area contributed by atoms with Crippen molar-refractivity contribution in [2.24, 2.45) is 5.92 Å². The molecule has 1 N–H and O–H groups in total. The molecule has 1 aromatic rings. The fourth-order valence-corrected chi connectivity index (χ4v) is 4.07. The van der Waals surface area contributed by atoms with Crippen LogP contribution in [0.1, 0.15) is 24.3 Å². The summed E-state index contributed by atoms with van der Waals surface area (Å²) >= 11 is 0. The lowest BCUT2D eigenvalue weighted by Crippen LogP contribution is -2.39. The molecular formula is C11H18N2O4S. The van der Waals surface area contributed by atoms with E-state index in [4.69, 9.17) is 9.63 Å². The van der Waals surface area contributed by atoms with E-state index in [1.165, 1.54) is 4.31 Å². The highest BCUT2D eigenvalue weighted by molar-refractivity contribution is 7.89. The van der Waals surface area contributed by atoms with Crippen LogP contribution in [0.5, 0.6) is 0 Å². The summed E-state index contributed by atoms with van der Waals surface area (Å²) in [5.41, 5.74) is 0.400. The molecule has 0 atom stereocenters. The van der Waals surface area contributed by atoms with Gasteiger partial charge in [-0.1, -0.05) is 5.16 Å². The summed E-state index contributed by atoms with van der Waals surface area (Å²) in [7, 11) is -3.52. The molecule has 7 heteroatoms. The van der Waals surface area contributed by atoms with Crippen molar-refractivity contribution in [2.75, 3.05) is 19.7 Å². The number of aromatic nitrogens is 1. The standard InChI is InChI=1S/C11H18N2O4S/c1-8-11(9(2)17-12-8)18(15,16)13-5-3-10(7-14)4-6-13/h10,14H,3-7H2,1-2H3. The third kappa shape index (κ3) is 2.30. The second kappa shape index (κ2) is 4.99. The van der Waals surface area contributed by atoms with Crippen LogP contribution in [0.4, 0.5) is 0 Å². The molecule has 2 heterocycles. The normalized spacial score (nSPS) is 19.3. The molecule has 0 bridgehead atoms. The van der Waals surface area contributed by atoms with Crippen LogP contribution in [0.15, 0.2) is 9.42 Å². The van der Waals surface area contributed by atoms with Gasteiger partial charge in [0.2, 0.25) is 10.0 Å². The summed E-state index contributed by atoms with van der Waals surface area (Å²) in [5, 5.41) is 12.7. The third-order valence-corrected chi connectivity index (χ3v) is 5.54. The highest BCUT2D eigenvalue weighted by Gasteiger charge is 2.33. The number of aliphatic hydroxyl groups is 1. The number of sulfonamides is 1. The average molecular weight is 274 g/mol. The van der Waals surface area contributed by atoms with Crippen molar-refractivity contribution in [1.82, 2.24) is 9.46 Å². The molecule has 102 valence electrons. The highest BCUT2D eigenvalue weighted by atomic mass is 32.2. The maximum atomic E-state index is 12.4. The molecule has 18 heavy (non-hydrogen) atoms. The van der Waals surface area contributed by atoms with Gasteiger partial charge in [-0.3, -0.25) is 0 Å². The van der Waals surface area contributed by atoms with Gasteiger partial charge >= 0.3 is 0 Å². The molecule has 0 aliphatic carbocycles. The first-order valence-electron chi connectivity index (χ1n) is 6.00. The monoisotopic (exact) mass is 274 g/mol. The second-order valence-corrected chi connectivity index (χ2v) is 6.56. The van der Waals surface area contributed by atoms with Crippen molar-refractivity contribution in [1.29, 1.82) is 0 Å². The Bertz CT molecular complexity index is 496. The lowest BCUT2D eigenvalue weighted by molar-refractivity contribution is 0.170. The van der Waals surface area contributed by atoms with E-state index in [1.807, 2.05) is 0 Å². The van der Waals surface area contributed by atoms with Crippen molar-refractivity contribution in [2.45, 2.75) is 31.6 Å². The molecule has 0 amide bonds. The minimum atomic E-state index is -3.52. The Labute approximate surface area is 107 Å². The highest BCUT2D eigenvalue weighted by Crippen LogP contribution is 2.27. The van der Waals surface area contributed by atoms with Gasteiger partial charge in [0.25, 0.3) is 0 Å². The first kappa shape index (κ1) is 13.5. The van der Waals surface area contributed by atoms with E-state index in [2.05, 4.69) is 5.16 Å². The predicted octanol–water partition coefficient (Wildman–Crippen LogP) is 0.684. The molecule has 0 saturated carbocycles. The van der Waals surface area contributed by atoms with Crippen molar-refractivity contribution in [3.8, 4) is 0 Å². The summed E-state index contributed by atoms with van der Waals surface area (Å²) in [6.45, 7) is 4.24. The van der Waals surface area contributed by atoms with Crippen molar-refractivity contribution in [3.05, 3.63) is 11.5 Å². The van der Waals surface area contributed by atoms with Crippen molar-refractivity contribution >= 4 is 10.0 Å². The molecule has 0 radical (unpaired) electrons. The summed E-state index contributed by atoms with van der Waals surface area (Å²) in [4.78, 5) is 0.185. The maximum absolute atomic E-state index is 12.4. The lowest BCUT2D eigenvalue weighted by Gasteiger charge is -2.30. The van der Waals surface area contributed by atoms with Gasteiger partial charge in [0.1, 0.15) is 10.6 Å². The molecule has 1 fully saturated rings. The van der Waals surface area contributed by atoms with E-state index in [0.717, 1.165) is 0 Å². The van der Waals surface area contributed by atoms with Crippen LogP contribution < -0.4 is 0 Å². The molecule has 1 aliphatic rings. The Morgan fingerprint density at radius 2 is 2.00 bits per heavy atom. The zero-order valence-electron chi connectivity index (χ0n) is 10.6. The number of hydrogen-bond donors (Lipinski definition) is 1. The first-order valence-corrected chi connectivity index (χ1v) is 7.44. The third-order valence-electron chi connectivity index (χ3n) is 3.40. The molecular weight excluding hydrogens is 256 g/mol. The quantitative estimate of drug-likeness (QED) is 0.876. The van der Waals surface area contributed by atoms with Crippen molar-refractivity contribution in [3.63, 3.8) is 0 Å². The van der Waals surface area contributed by atoms with Crippen LogP contribution in [-0.2, 0) is 10.0 Å². The van der Waals surface area contributed by atoms with E-state index in [0.29, 0.717) is 37.4 Å². The van der Waals surface area contributed by atoms with E-state index >= 15 is 0 Å². The molecule has 0 aromatic carbocycles. The van der Waals surface area contributed by atoms with E-state index in [-0.39, 0.29) is 17.4 Å². The fraction of sp³-hybridized carbons (Fsp3) is 0.727. The summed E-state index contributed by atoms with van der Waals surface area (Å²) in [6.07, 6.45) is 1.39. The summed E-state index contributed by atoms with van der Waals surface area (Å²) in [6, 6.07) is 0. The smallest absolute Gasteiger partial charge is 0.248 e. The molecule has 1 saturated heterocycles. The van der Waals surface area contributed by atoms with E-state index < -0.39 is 10.0 Å². The first-order chi connectivity index (χ1) is 8.46. The van der Waals surface area contributed by atoms with Crippen LogP contribution in [-0.4, -0.2) is 42.7 Å². The van der Waals surface area contributed by atoms with E-state index in [9.17, 15) is 8.42 Å². The van der Waals surface area contributed by atoms with Gasteiger partial charge < -0.3 is 9.63 Å². The summed E-state index contributed by atoms with van der Waals surface area (Å²) < 4.78 is 31.3. The zero-order chi connectivity index (χ0) is 13.3. The van der Waals surface area contributed by atoms with Gasteiger partial charge in [0.05, 0.1) is 0 Å². The largest absolute Gasteiger partial charge is 0.396 e. The molecule has 0 spiro atoms. The van der Waals surface area contributed by atoms with Crippen molar-refractivity contribution < 1.29 is 18.0 Å². The Balaban J connectivity index is 2.23.